The molecule has 1 aromatic heterocycles. The third-order valence-corrected chi connectivity index (χ3v) is 3.89. The number of likely N-dealkylation sites (tertiary alicyclic amines) is 1. The summed E-state index contributed by atoms with van der Waals surface area (Å²) < 4.78 is 40.8. The molecule has 0 saturated carbocycles. The lowest BCUT2D eigenvalue weighted by Crippen LogP contribution is -2.40. The second kappa shape index (κ2) is 6.94. The number of rotatable bonds is 4. The minimum absolute atomic E-state index is 0.133. The highest BCUT2D eigenvalue weighted by atomic mass is 19.2. The van der Waals surface area contributed by atoms with Crippen LogP contribution in [0.4, 0.5) is 18.0 Å². The third-order valence-electron chi connectivity index (χ3n) is 3.89. The number of amides is 2. The highest BCUT2D eigenvalue weighted by molar-refractivity contribution is 5.74. The molecule has 0 aliphatic carbocycles. The van der Waals surface area contributed by atoms with Gasteiger partial charge in [0.05, 0.1) is 18.8 Å². The molecule has 1 fully saturated rings. The van der Waals surface area contributed by atoms with E-state index < -0.39 is 17.8 Å². The third kappa shape index (κ3) is 3.69. The van der Waals surface area contributed by atoms with Crippen molar-refractivity contribution >= 4 is 6.03 Å². The number of hydrogen-bond acceptors (Lipinski definition) is 2. The molecule has 0 radical (unpaired) electrons. The molecular weight excluding hydrogens is 321 g/mol. The quantitative estimate of drug-likeness (QED) is 0.932. The summed E-state index contributed by atoms with van der Waals surface area (Å²) in [6.45, 7) is 1.32. The standard InChI is InChI=1S/C16H17F3N4O/c17-12-3-6-22(10-12)16(24)20-5-8-23-7-4-15(21-23)11-1-2-13(18)14(19)9-11/h1-2,4,7,9,12H,3,5-6,8,10H2,(H,20,24)/t12-/m1/s1. The summed E-state index contributed by atoms with van der Waals surface area (Å²) in [7, 11) is 0. The first kappa shape index (κ1) is 16.4. The van der Waals surface area contributed by atoms with Gasteiger partial charge in [-0.25, -0.2) is 18.0 Å². The number of benzene rings is 1. The van der Waals surface area contributed by atoms with Crippen LogP contribution in [0.1, 0.15) is 6.42 Å². The number of halogens is 3. The second-order valence-electron chi connectivity index (χ2n) is 5.66. The number of urea groups is 1. The van der Waals surface area contributed by atoms with E-state index in [0.29, 0.717) is 37.3 Å². The minimum atomic E-state index is -0.944. The van der Waals surface area contributed by atoms with E-state index >= 15 is 0 Å². The Morgan fingerprint density at radius 1 is 1.29 bits per heavy atom. The molecule has 1 atom stereocenters. The topological polar surface area (TPSA) is 50.2 Å². The van der Waals surface area contributed by atoms with Crippen molar-refractivity contribution in [2.45, 2.75) is 19.1 Å². The minimum Gasteiger partial charge on any atom is -0.336 e. The first-order chi connectivity index (χ1) is 11.5. The molecule has 0 unspecified atom stereocenters. The van der Waals surface area contributed by atoms with Crippen molar-refractivity contribution in [3.63, 3.8) is 0 Å². The van der Waals surface area contributed by atoms with Gasteiger partial charge in [-0.1, -0.05) is 0 Å². The summed E-state index contributed by atoms with van der Waals surface area (Å²) in [6, 6.07) is 4.99. The number of hydrogen-bond donors (Lipinski definition) is 1. The van der Waals surface area contributed by atoms with Gasteiger partial charge in [-0.3, -0.25) is 4.68 Å². The molecule has 0 bridgehead atoms. The zero-order valence-corrected chi connectivity index (χ0v) is 12.9. The van der Waals surface area contributed by atoms with Crippen LogP contribution in [-0.2, 0) is 6.54 Å². The Morgan fingerprint density at radius 2 is 2.12 bits per heavy atom. The van der Waals surface area contributed by atoms with Gasteiger partial charge < -0.3 is 10.2 Å². The SMILES string of the molecule is O=C(NCCn1ccc(-c2ccc(F)c(F)c2)n1)N1CC[C@@H](F)C1. The predicted molar refractivity (Wildman–Crippen MR) is 82.1 cm³/mol. The second-order valence-corrected chi connectivity index (χ2v) is 5.66. The molecule has 3 rings (SSSR count). The van der Waals surface area contributed by atoms with Gasteiger partial charge in [-0.15, -0.1) is 0 Å². The fourth-order valence-corrected chi connectivity index (χ4v) is 2.59. The molecule has 24 heavy (non-hydrogen) atoms. The maximum atomic E-state index is 13.3. The zero-order chi connectivity index (χ0) is 17.1. The number of carbonyl (C=O) groups is 1. The molecule has 1 N–H and O–H groups in total. The fraction of sp³-hybridized carbons (Fsp3) is 0.375. The Hall–Kier alpha value is -2.51. The predicted octanol–water partition coefficient (Wildman–Crippen LogP) is 2.58. The maximum absolute atomic E-state index is 13.3. The van der Waals surface area contributed by atoms with Crippen LogP contribution in [-0.4, -0.2) is 46.5 Å². The van der Waals surface area contributed by atoms with E-state index in [1.165, 1.54) is 11.0 Å². The van der Waals surface area contributed by atoms with Gasteiger partial charge >= 0.3 is 6.03 Å². The van der Waals surface area contributed by atoms with Gasteiger partial charge in [0.2, 0.25) is 0 Å². The van der Waals surface area contributed by atoms with Gasteiger partial charge in [0.25, 0.3) is 0 Å². The average Bonchev–Trinajstić information content (AvgIpc) is 3.19. The Morgan fingerprint density at radius 3 is 2.83 bits per heavy atom. The summed E-state index contributed by atoms with van der Waals surface area (Å²) in [4.78, 5) is 13.3. The van der Waals surface area contributed by atoms with E-state index in [2.05, 4.69) is 10.4 Å². The van der Waals surface area contributed by atoms with Gasteiger partial charge in [0.15, 0.2) is 11.6 Å². The first-order valence-corrected chi connectivity index (χ1v) is 7.68. The zero-order valence-electron chi connectivity index (χ0n) is 12.9. The first-order valence-electron chi connectivity index (χ1n) is 7.68. The molecule has 2 amide bonds. The van der Waals surface area contributed by atoms with E-state index in [1.54, 1.807) is 16.9 Å². The molecule has 8 heteroatoms. The highest BCUT2D eigenvalue weighted by Gasteiger charge is 2.25. The van der Waals surface area contributed by atoms with Crippen LogP contribution < -0.4 is 5.32 Å². The molecule has 2 heterocycles. The molecule has 1 saturated heterocycles. The number of nitrogens with zero attached hydrogens (tertiary/aromatic N) is 3. The van der Waals surface area contributed by atoms with Crippen LogP contribution in [0.2, 0.25) is 0 Å². The van der Waals surface area contributed by atoms with Gasteiger partial charge in [0, 0.05) is 24.8 Å². The fourth-order valence-electron chi connectivity index (χ4n) is 2.59. The van der Waals surface area contributed by atoms with Crippen molar-refractivity contribution in [2.24, 2.45) is 0 Å². The van der Waals surface area contributed by atoms with E-state index in [1.807, 2.05) is 0 Å². The van der Waals surface area contributed by atoms with Crippen LogP contribution in [0, 0.1) is 11.6 Å². The summed E-state index contributed by atoms with van der Waals surface area (Å²) in [6.07, 6.45) is 1.13. The molecule has 128 valence electrons. The van der Waals surface area contributed by atoms with Crippen molar-refractivity contribution in [1.82, 2.24) is 20.0 Å². The monoisotopic (exact) mass is 338 g/mol. The van der Waals surface area contributed by atoms with Crippen LogP contribution in [0.3, 0.4) is 0 Å². The van der Waals surface area contributed by atoms with Crippen molar-refractivity contribution in [1.29, 1.82) is 0 Å². The summed E-state index contributed by atoms with van der Waals surface area (Å²) >= 11 is 0. The lowest BCUT2D eigenvalue weighted by atomic mass is 10.1. The molecule has 2 aromatic rings. The van der Waals surface area contributed by atoms with E-state index in [-0.39, 0.29) is 12.6 Å². The number of nitrogens with one attached hydrogen (secondary N) is 1. The van der Waals surface area contributed by atoms with E-state index in [4.69, 9.17) is 0 Å². The molecule has 0 spiro atoms. The molecule has 1 aliphatic heterocycles. The molecule has 1 aliphatic rings. The van der Waals surface area contributed by atoms with Crippen molar-refractivity contribution in [2.75, 3.05) is 19.6 Å². The summed E-state index contributed by atoms with van der Waals surface area (Å²) in [5, 5.41) is 6.97. The Kier molecular flexibility index (Phi) is 4.73. The molecule has 1 aromatic carbocycles. The smallest absolute Gasteiger partial charge is 0.317 e. The van der Waals surface area contributed by atoms with Crippen LogP contribution in [0.5, 0.6) is 0 Å². The normalized spacial score (nSPS) is 17.3. The average molecular weight is 338 g/mol. The van der Waals surface area contributed by atoms with E-state index in [0.717, 1.165) is 12.1 Å². The Labute approximate surface area is 137 Å². The summed E-state index contributed by atoms with van der Waals surface area (Å²) in [5.41, 5.74) is 0.989. The van der Waals surface area contributed by atoms with Gasteiger partial charge in [-0.2, -0.15) is 5.10 Å². The van der Waals surface area contributed by atoms with Crippen molar-refractivity contribution in [3.05, 3.63) is 42.1 Å². The van der Waals surface area contributed by atoms with Crippen molar-refractivity contribution < 1.29 is 18.0 Å². The Bertz CT molecular complexity index is 734. The van der Waals surface area contributed by atoms with Crippen LogP contribution in [0.25, 0.3) is 11.3 Å². The molecular formula is C16H17F3N4O. The van der Waals surface area contributed by atoms with Crippen LogP contribution >= 0.6 is 0 Å². The summed E-state index contributed by atoms with van der Waals surface area (Å²) in [5.74, 6) is -1.83. The Balaban J connectivity index is 1.52. The molecule has 5 nitrogen and oxygen atoms in total. The highest BCUT2D eigenvalue weighted by Crippen LogP contribution is 2.19. The van der Waals surface area contributed by atoms with Gasteiger partial charge in [0.1, 0.15) is 6.17 Å². The number of alkyl halides is 1. The van der Waals surface area contributed by atoms with Crippen molar-refractivity contribution in [3.8, 4) is 11.3 Å². The maximum Gasteiger partial charge on any atom is 0.317 e. The van der Waals surface area contributed by atoms with E-state index in [9.17, 15) is 18.0 Å². The van der Waals surface area contributed by atoms with Crippen LogP contribution in [0.15, 0.2) is 30.5 Å². The number of carbonyl (C=O) groups excluding carboxylic acids is 1. The largest absolute Gasteiger partial charge is 0.336 e. The number of aromatic nitrogens is 2. The lowest BCUT2D eigenvalue weighted by molar-refractivity contribution is 0.204. The van der Waals surface area contributed by atoms with Gasteiger partial charge in [-0.05, 0) is 30.7 Å². The lowest BCUT2D eigenvalue weighted by Gasteiger charge is -2.16.